The molecule has 0 radical (unpaired) electrons. The van der Waals surface area contributed by atoms with E-state index in [-0.39, 0.29) is 18.2 Å². The molecule has 1 saturated heterocycles. The number of nitrogens with one attached hydrogen (secondary N) is 1. The van der Waals surface area contributed by atoms with E-state index in [0.717, 1.165) is 38.9 Å². The van der Waals surface area contributed by atoms with E-state index in [1.807, 2.05) is 0 Å². The first-order chi connectivity index (χ1) is 11.5. The van der Waals surface area contributed by atoms with Crippen LogP contribution in [0.25, 0.3) is 0 Å². The number of nitrogens with zero attached hydrogens (tertiary/aromatic N) is 1. The molecule has 0 aromatic heterocycles. The molecule has 0 saturated carbocycles. The second-order valence-corrected chi connectivity index (χ2v) is 8.20. The Balaban J connectivity index is 1.70. The predicted molar refractivity (Wildman–Crippen MR) is 93.1 cm³/mol. The molecule has 0 spiro atoms. The maximum absolute atomic E-state index is 12.8. The molecule has 1 N–H and O–H groups in total. The number of piperidine rings is 1. The highest BCUT2D eigenvalue weighted by atomic mass is 32.2. The van der Waals surface area contributed by atoms with Gasteiger partial charge < -0.3 is 9.64 Å². The van der Waals surface area contributed by atoms with Crippen LogP contribution in [0.3, 0.4) is 0 Å². The van der Waals surface area contributed by atoms with E-state index in [0.29, 0.717) is 18.2 Å². The van der Waals surface area contributed by atoms with Crippen LogP contribution in [0, 0.1) is 11.7 Å². The van der Waals surface area contributed by atoms with Crippen LogP contribution in [0.1, 0.15) is 26.2 Å². The topological polar surface area (TPSA) is 58.6 Å². The Morgan fingerprint density at radius 2 is 2.08 bits per heavy atom. The first-order valence-electron chi connectivity index (χ1n) is 8.56. The van der Waals surface area contributed by atoms with Gasteiger partial charge in [0.05, 0.1) is 5.75 Å². The van der Waals surface area contributed by atoms with Gasteiger partial charge in [-0.25, -0.2) is 17.5 Å². The Labute approximate surface area is 144 Å². The number of ether oxygens (including phenoxy) is 1. The zero-order chi connectivity index (χ0) is 17.4. The van der Waals surface area contributed by atoms with Crippen molar-refractivity contribution in [3.63, 3.8) is 0 Å². The van der Waals surface area contributed by atoms with Gasteiger partial charge in [0.25, 0.3) is 0 Å². The van der Waals surface area contributed by atoms with Gasteiger partial charge in [0.2, 0.25) is 10.0 Å². The molecular formula is C17H27FN2O3S. The molecule has 0 bridgehead atoms. The molecule has 1 aromatic carbocycles. The van der Waals surface area contributed by atoms with Gasteiger partial charge >= 0.3 is 0 Å². The maximum atomic E-state index is 12.8. The fourth-order valence-corrected chi connectivity index (χ4v) is 3.89. The number of likely N-dealkylation sites (tertiary alicyclic amines) is 1. The second kappa shape index (κ2) is 9.34. The Morgan fingerprint density at radius 3 is 2.79 bits per heavy atom. The minimum atomic E-state index is -3.36. The van der Waals surface area contributed by atoms with E-state index in [2.05, 4.69) is 16.5 Å². The van der Waals surface area contributed by atoms with Crippen molar-refractivity contribution in [3.05, 3.63) is 30.1 Å². The quantitative estimate of drug-likeness (QED) is 0.736. The first kappa shape index (κ1) is 19.1. The minimum absolute atomic E-state index is 0.0492. The predicted octanol–water partition coefficient (Wildman–Crippen LogP) is 2.25. The lowest BCUT2D eigenvalue weighted by Crippen LogP contribution is -2.41. The summed E-state index contributed by atoms with van der Waals surface area (Å²) in [5, 5.41) is 0. The van der Waals surface area contributed by atoms with Crippen LogP contribution in [0.4, 0.5) is 4.39 Å². The van der Waals surface area contributed by atoms with Crippen LogP contribution in [-0.2, 0) is 10.0 Å². The highest BCUT2D eigenvalue weighted by Crippen LogP contribution is 2.16. The van der Waals surface area contributed by atoms with Crippen LogP contribution in [-0.4, -0.2) is 51.9 Å². The Hall–Kier alpha value is -1.18. The Bertz CT molecular complexity index is 590. The number of hydrogen-bond donors (Lipinski definition) is 1. The number of benzene rings is 1. The van der Waals surface area contributed by atoms with E-state index in [4.69, 9.17) is 4.74 Å². The zero-order valence-electron chi connectivity index (χ0n) is 14.2. The molecule has 0 aliphatic carbocycles. The summed E-state index contributed by atoms with van der Waals surface area (Å²) in [6.45, 7) is 5.85. The van der Waals surface area contributed by atoms with E-state index >= 15 is 0 Å². The van der Waals surface area contributed by atoms with E-state index in [1.165, 1.54) is 24.3 Å². The van der Waals surface area contributed by atoms with Gasteiger partial charge in [-0.3, -0.25) is 0 Å². The highest BCUT2D eigenvalue weighted by Gasteiger charge is 2.21. The smallest absolute Gasteiger partial charge is 0.214 e. The molecule has 1 aliphatic rings. The maximum Gasteiger partial charge on any atom is 0.214 e. The van der Waals surface area contributed by atoms with Gasteiger partial charge in [0.15, 0.2) is 0 Å². The molecule has 5 nitrogen and oxygen atoms in total. The van der Waals surface area contributed by atoms with Gasteiger partial charge in [0.1, 0.15) is 18.2 Å². The summed E-state index contributed by atoms with van der Waals surface area (Å²) in [6, 6.07) is 5.54. The lowest BCUT2D eigenvalue weighted by Gasteiger charge is -2.32. The third-order valence-electron chi connectivity index (χ3n) is 4.17. The van der Waals surface area contributed by atoms with Crippen molar-refractivity contribution in [3.8, 4) is 5.75 Å². The monoisotopic (exact) mass is 358 g/mol. The molecule has 1 atom stereocenters. The van der Waals surface area contributed by atoms with Crippen LogP contribution >= 0.6 is 0 Å². The minimum Gasteiger partial charge on any atom is -0.492 e. The van der Waals surface area contributed by atoms with Gasteiger partial charge in [-0.1, -0.05) is 6.92 Å². The average molecular weight is 358 g/mol. The summed E-state index contributed by atoms with van der Waals surface area (Å²) in [6.07, 6.45) is 3.31. The molecule has 136 valence electrons. The lowest BCUT2D eigenvalue weighted by atomic mass is 9.98. The van der Waals surface area contributed by atoms with E-state index in [9.17, 15) is 12.8 Å². The van der Waals surface area contributed by atoms with Gasteiger partial charge in [0, 0.05) is 13.1 Å². The molecule has 1 heterocycles. The summed E-state index contributed by atoms with van der Waals surface area (Å²) in [7, 11) is -3.36. The van der Waals surface area contributed by atoms with Gasteiger partial charge in [-0.05, 0) is 62.5 Å². The molecule has 1 unspecified atom stereocenters. The van der Waals surface area contributed by atoms with Crippen molar-refractivity contribution in [2.24, 2.45) is 5.92 Å². The molecular weight excluding hydrogens is 331 g/mol. The Morgan fingerprint density at radius 1 is 1.33 bits per heavy atom. The van der Waals surface area contributed by atoms with E-state index < -0.39 is 10.0 Å². The highest BCUT2D eigenvalue weighted by molar-refractivity contribution is 7.89. The fourth-order valence-electron chi connectivity index (χ4n) is 2.95. The van der Waals surface area contributed by atoms with Gasteiger partial charge in [-0.2, -0.15) is 0 Å². The van der Waals surface area contributed by atoms with Crippen molar-refractivity contribution in [1.82, 2.24) is 9.62 Å². The largest absolute Gasteiger partial charge is 0.492 e. The SMILES string of the molecule is CCCN1CCCC(CNS(=O)(=O)CCOc2ccc(F)cc2)C1. The van der Waals surface area contributed by atoms with Crippen molar-refractivity contribution in [2.45, 2.75) is 26.2 Å². The fraction of sp³-hybridized carbons (Fsp3) is 0.647. The van der Waals surface area contributed by atoms with Crippen molar-refractivity contribution in [1.29, 1.82) is 0 Å². The summed E-state index contributed by atoms with van der Waals surface area (Å²) in [5.74, 6) is 0.392. The van der Waals surface area contributed by atoms with Crippen LogP contribution in [0.2, 0.25) is 0 Å². The second-order valence-electron chi connectivity index (χ2n) is 6.28. The zero-order valence-corrected chi connectivity index (χ0v) is 15.0. The first-order valence-corrected chi connectivity index (χ1v) is 10.2. The molecule has 2 rings (SSSR count). The Kier molecular flexibility index (Phi) is 7.45. The van der Waals surface area contributed by atoms with Gasteiger partial charge in [-0.15, -0.1) is 0 Å². The van der Waals surface area contributed by atoms with Crippen molar-refractivity contribution >= 4 is 10.0 Å². The summed E-state index contributed by atoms with van der Waals surface area (Å²) in [4.78, 5) is 2.40. The van der Waals surface area contributed by atoms with Crippen molar-refractivity contribution < 1.29 is 17.5 Å². The van der Waals surface area contributed by atoms with Crippen LogP contribution in [0.15, 0.2) is 24.3 Å². The number of sulfonamides is 1. The molecule has 24 heavy (non-hydrogen) atoms. The van der Waals surface area contributed by atoms with Crippen LogP contribution < -0.4 is 9.46 Å². The standard InChI is InChI=1S/C17H27FN2O3S/c1-2-9-20-10-3-4-15(14-20)13-19-24(21,22)12-11-23-17-7-5-16(18)6-8-17/h5-8,15,19H,2-4,9-14H2,1H3. The summed E-state index contributed by atoms with van der Waals surface area (Å²) >= 11 is 0. The lowest BCUT2D eigenvalue weighted by molar-refractivity contribution is 0.176. The normalized spacial score (nSPS) is 19.3. The molecule has 1 aliphatic heterocycles. The van der Waals surface area contributed by atoms with E-state index in [1.54, 1.807) is 0 Å². The summed E-state index contributed by atoms with van der Waals surface area (Å²) < 4.78 is 44.9. The molecule has 0 amide bonds. The number of halogens is 1. The molecule has 7 heteroatoms. The van der Waals surface area contributed by atoms with Crippen molar-refractivity contribution in [2.75, 3.05) is 38.5 Å². The third kappa shape index (κ3) is 6.75. The molecule has 1 fully saturated rings. The summed E-state index contributed by atoms with van der Waals surface area (Å²) in [5.41, 5.74) is 0. The number of rotatable bonds is 9. The number of hydrogen-bond acceptors (Lipinski definition) is 4. The third-order valence-corrected chi connectivity index (χ3v) is 5.48. The molecule has 1 aromatic rings. The van der Waals surface area contributed by atoms with Crippen LogP contribution in [0.5, 0.6) is 5.75 Å². The average Bonchev–Trinajstić information content (AvgIpc) is 2.56.